The Balaban J connectivity index is 1.07. The number of fused-ring (bicyclic) bond motifs is 3. The molecule has 1 aromatic heterocycles. The highest BCUT2D eigenvalue weighted by Gasteiger charge is 2.73. The lowest BCUT2D eigenvalue weighted by Crippen LogP contribution is -2.71. The summed E-state index contributed by atoms with van der Waals surface area (Å²) >= 11 is 0. The van der Waals surface area contributed by atoms with Crippen LogP contribution in [-0.4, -0.2) is 28.3 Å². The van der Waals surface area contributed by atoms with Crippen LogP contribution in [0, 0.1) is 10.8 Å². The minimum Gasteiger partial charge on any atom is -0.339 e. The Morgan fingerprint density at radius 1 is 0.975 bits per heavy atom. The van der Waals surface area contributed by atoms with E-state index in [1.54, 1.807) is 0 Å². The lowest BCUT2D eigenvalue weighted by atomic mass is 9.41. The number of alkyl halides is 1. The molecule has 208 valence electrons. The Kier molecular flexibility index (Phi) is 5.26. The van der Waals surface area contributed by atoms with Gasteiger partial charge < -0.3 is 9.42 Å². The number of benzene rings is 2. The molecule has 1 heterocycles. The summed E-state index contributed by atoms with van der Waals surface area (Å²) in [6.07, 6.45) is 10.8. The van der Waals surface area contributed by atoms with Crippen molar-refractivity contribution in [1.82, 2.24) is 10.1 Å². The zero-order valence-corrected chi connectivity index (χ0v) is 23.4. The topological polar surface area (TPSA) is 59.2 Å². The predicted octanol–water partition coefficient (Wildman–Crippen LogP) is 7.69. The second kappa shape index (κ2) is 8.50. The third kappa shape index (κ3) is 3.81. The van der Waals surface area contributed by atoms with Crippen molar-refractivity contribution in [3.63, 3.8) is 0 Å². The second-order valence-corrected chi connectivity index (χ2v) is 14.0. The fraction of sp³-hybridized carbons (Fsp3) is 0.559. The van der Waals surface area contributed by atoms with Crippen molar-refractivity contribution >= 4 is 11.6 Å². The van der Waals surface area contributed by atoms with Crippen LogP contribution in [0.3, 0.4) is 0 Å². The summed E-state index contributed by atoms with van der Waals surface area (Å²) in [5.41, 5.74) is 3.01. The summed E-state index contributed by atoms with van der Waals surface area (Å²) in [6, 6.07) is 17.1. The van der Waals surface area contributed by atoms with E-state index in [1.807, 2.05) is 0 Å². The maximum absolute atomic E-state index is 14.6. The van der Waals surface area contributed by atoms with Crippen molar-refractivity contribution in [3.8, 4) is 11.1 Å². The van der Waals surface area contributed by atoms with Crippen LogP contribution in [0.5, 0.6) is 0 Å². The molecule has 4 bridgehead atoms. The molecule has 7 fully saturated rings. The maximum Gasteiger partial charge on any atom is 0.233 e. The molecule has 0 aliphatic heterocycles. The highest BCUT2D eigenvalue weighted by molar-refractivity contribution is 6.00. The van der Waals surface area contributed by atoms with Gasteiger partial charge in [0.05, 0.1) is 5.41 Å². The molecule has 0 N–H and O–H groups in total. The molecular weight excluding hydrogens is 501 g/mol. The summed E-state index contributed by atoms with van der Waals surface area (Å²) in [6.45, 7) is 2.87. The molecule has 0 unspecified atom stereocenters. The molecular formula is C34H38FN3O2. The van der Waals surface area contributed by atoms with Gasteiger partial charge in [0, 0.05) is 23.6 Å². The van der Waals surface area contributed by atoms with E-state index in [1.165, 1.54) is 18.4 Å². The number of rotatable bonds is 8. The number of hydrogen-bond donors (Lipinski definition) is 0. The third-order valence-electron chi connectivity index (χ3n) is 11.3. The Morgan fingerprint density at radius 2 is 1.68 bits per heavy atom. The first kappa shape index (κ1) is 24.8. The largest absolute Gasteiger partial charge is 0.339 e. The van der Waals surface area contributed by atoms with Gasteiger partial charge in [0.15, 0.2) is 5.82 Å². The average Bonchev–Trinajstić information content (AvgIpc) is 3.70. The Bertz CT molecular complexity index is 1430. The molecule has 0 saturated heterocycles. The van der Waals surface area contributed by atoms with Crippen molar-refractivity contribution in [1.29, 1.82) is 0 Å². The van der Waals surface area contributed by atoms with Crippen LogP contribution >= 0.6 is 0 Å². The maximum atomic E-state index is 14.6. The fourth-order valence-electron chi connectivity index (χ4n) is 8.36. The van der Waals surface area contributed by atoms with E-state index in [2.05, 4.69) is 65.5 Å². The van der Waals surface area contributed by atoms with Crippen molar-refractivity contribution in [3.05, 3.63) is 65.8 Å². The molecule has 6 heteroatoms. The van der Waals surface area contributed by atoms with E-state index in [4.69, 9.17) is 9.51 Å². The Morgan fingerprint density at radius 3 is 2.30 bits per heavy atom. The average molecular weight is 540 g/mol. The van der Waals surface area contributed by atoms with E-state index in [0.717, 1.165) is 73.5 Å². The smallest absolute Gasteiger partial charge is 0.233 e. The number of amides is 1. The monoisotopic (exact) mass is 539 g/mol. The number of hydrogen-bond acceptors (Lipinski definition) is 4. The summed E-state index contributed by atoms with van der Waals surface area (Å²) in [5.74, 6) is 2.38. The number of carbonyl (C=O) groups excluding carboxylic acids is 1. The van der Waals surface area contributed by atoms with Gasteiger partial charge in [0.25, 0.3) is 0 Å². The van der Waals surface area contributed by atoms with Crippen LogP contribution in [0.25, 0.3) is 11.1 Å². The highest BCUT2D eigenvalue weighted by Crippen LogP contribution is 2.70. The molecule has 2 aromatic carbocycles. The molecule has 5 nitrogen and oxygen atoms in total. The highest BCUT2D eigenvalue weighted by atomic mass is 19.1. The van der Waals surface area contributed by atoms with Gasteiger partial charge in [-0.2, -0.15) is 4.98 Å². The lowest BCUT2D eigenvalue weighted by Gasteiger charge is -2.65. The van der Waals surface area contributed by atoms with Crippen LogP contribution in [0.4, 0.5) is 10.1 Å². The number of aromatic nitrogens is 2. The summed E-state index contributed by atoms with van der Waals surface area (Å²) in [7, 11) is 0. The molecule has 3 aromatic rings. The molecule has 0 radical (unpaired) electrons. The van der Waals surface area contributed by atoms with Crippen molar-refractivity contribution < 1.29 is 13.7 Å². The normalized spacial score (nSPS) is 33.8. The Labute approximate surface area is 235 Å². The minimum atomic E-state index is -1.10. The number of carbonyl (C=O) groups is 1. The standard InChI is InChI=1S/C34H38FN3O2/c1-2-23-6-8-24(9-7-23)26-4-3-5-27(18-26)38(30(39)33-19-34(35,20-33)21-33)22-31-12-15-32(16-13-31,17-14-31)29-36-28(37-40-29)25-10-11-25/h3-9,18,25H,2,10-17,19-22H2,1H3. The summed E-state index contributed by atoms with van der Waals surface area (Å²) in [4.78, 5) is 21.1. The van der Waals surface area contributed by atoms with Gasteiger partial charge in [-0.25, -0.2) is 4.39 Å². The van der Waals surface area contributed by atoms with Crippen molar-refractivity contribution in [2.45, 2.75) is 101 Å². The molecule has 7 aliphatic rings. The van der Waals surface area contributed by atoms with Crippen LogP contribution in [0.1, 0.15) is 101 Å². The van der Waals surface area contributed by atoms with Crippen LogP contribution in [-0.2, 0) is 16.6 Å². The molecule has 40 heavy (non-hydrogen) atoms. The van der Waals surface area contributed by atoms with E-state index < -0.39 is 11.1 Å². The van der Waals surface area contributed by atoms with E-state index in [0.29, 0.717) is 31.7 Å². The van der Waals surface area contributed by atoms with E-state index in [9.17, 15) is 9.18 Å². The first-order chi connectivity index (χ1) is 19.3. The molecule has 1 amide bonds. The van der Waals surface area contributed by atoms with Gasteiger partial charge in [-0.3, -0.25) is 4.79 Å². The first-order valence-corrected chi connectivity index (χ1v) is 15.4. The fourth-order valence-corrected chi connectivity index (χ4v) is 8.36. The number of aryl methyl sites for hydroxylation is 1. The minimum absolute atomic E-state index is 0.00421. The summed E-state index contributed by atoms with van der Waals surface area (Å²) < 4.78 is 20.4. The molecule has 0 spiro atoms. The zero-order valence-electron chi connectivity index (χ0n) is 23.4. The van der Waals surface area contributed by atoms with Gasteiger partial charge in [-0.1, -0.05) is 48.5 Å². The molecule has 10 rings (SSSR count). The van der Waals surface area contributed by atoms with Crippen molar-refractivity contribution in [2.75, 3.05) is 11.4 Å². The van der Waals surface area contributed by atoms with Gasteiger partial charge >= 0.3 is 0 Å². The van der Waals surface area contributed by atoms with Gasteiger partial charge in [0.1, 0.15) is 5.67 Å². The Hall–Kier alpha value is -3.02. The van der Waals surface area contributed by atoms with Crippen LogP contribution < -0.4 is 4.90 Å². The van der Waals surface area contributed by atoms with E-state index >= 15 is 0 Å². The number of halogens is 1. The predicted molar refractivity (Wildman–Crippen MR) is 152 cm³/mol. The van der Waals surface area contributed by atoms with E-state index in [-0.39, 0.29) is 16.7 Å². The molecule has 7 aliphatic carbocycles. The number of nitrogens with zero attached hydrogens (tertiary/aromatic N) is 3. The lowest BCUT2D eigenvalue weighted by molar-refractivity contribution is -0.211. The third-order valence-corrected chi connectivity index (χ3v) is 11.3. The van der Waals surface area contributed by atoms with Crippen molar-refractivity contribution in [2.24, 2.45) is 10.8 Å². The SMILES string of the molecule is CCc1ccc(-c2cccc(N(CC34CCC(c5nc(C6CC6)no5)(CC3)CC4)C(=O)C34CC(F)(C3)C4)c2)cc1. The summed E-state index contributed by atoms with van der Waals surface area (Å²) in [5, 5.41) is 4.32. The molecule has 7 saturated carbocycles. The van der Waals surface area contributed by atoms with Gasteiger partial charge in [0.2, 0.25) is 11.8 Å². The van der Waals surface area contributed by atoms with Crippen LogP contribution in [0.2, 0.25) is 0 Å². The van der Waals surface area contributed by atoms with Gasteiger partial charge in [-0.15, -0.1) is 0 Å². The molecule has 0 atom stereocenters. The quantitative estimate of drug-likeness (QED) is 0.294. The van der Waals surface area contributed by atoms with Gasteiger partial charge in [-0.05, 0) is 111 Å². The van der Waals surface area contributed by atoms with Crippen LogP contribution in [0.15, 0.2) is 53.1 Å². The zero-order chi connectivity index (χ0) is 27.2. The second-order valence-electron chi connectivity index (χ2n) is 14.0. The number of anilines is 1. The first-order valence-electron chi connectivity index (χ1n) is 15.4.